The summed E-state index contributed by atoms with van der Waals surface area (Å²) in [5.41, 5.74) is 0. The summed E-state index contributed by atoms with van der Waals surface area (Å²) in [6.07, 6.45) is 0. The van der Waals surface area contributed by atoms with Crippen LogP contribution in [0.1, 0.15) is 11.8 Å². The predicted octanol–water partition coefficient (Wildman–Crippen LogP) is 1.26. The van der Waals surface area contributed by atoms with E-state index in [1.807, 2.05) is 11.8 Å². The number of aromatic nitrogens is 2. The van der Waals surface area contributed by atoms with Gasteiger partial charge in [-0.3, -0.25) is 0 Å². The van der Waals surface area contributed by atoms with Crippen LogP contribution in [0.2, 0.25) is 0 Å². The number of thioether (sulfide) groups is 1. The highest BCUT2D eigenvalue weighted by atomic mass is 32.2. The van der Waals surface area contributed by atoms with Crippen LogP contribution >= 0.6 is 11.8 Å². The predicted molar refractivity (Wildman–Crippen MR) is 49.5 cm³/mol. The summed E-state index contributed by atoms with van der Waals surface area (Å²) < 4.78 is 10.3. The molecule has 0 unspecified atom stereocenters. The minimum Gasteiger partial charge on any atom is -0.425 e. The van der Waals surface area contributed by atoms with E-state index in [4.69, 9.17) is 9.15 Å². The normalized spacial score (nSPS) is 17.3. The van der Waals surface area contributed by atoms with Gasteiger partial charge in [-0.2, -0.15) is 11.8 Å². The van der Waals surface area contributed by atoms with Gasteiger partial charge in [-0.1, -0.05) is 0 Å². The molecule has 2 heterocycles. The number of hydrogen-bond acceptors (Lipinski definition) is 5. The van der Waals surface area contributed by atoms with Crippen molar-refractivity contribution in [2.24, 2.45) is 5.92 Å². The van der Waals surface area contributed by atoms with E-state index in [2.05, 4.69) is 10.2 Å². The van der Waals surface area contributed by atoms with Gasteiger partial charge in [0.1, 0.15) is 0 Å². The zero-order valence-electron chi connectivity index (χ0n) is 7.52. The molecule has 5 heteroatoms. The van der Waals surface area contributed by atoms with Crippen LogP contribution in [-0.2, 0) is 10.5 Å². The van der Waals surface area contributed by atoms with Gasteiger partial charge in [0, 0.05) is 18.6 Å². The molecule has 0 saturated carbocycles. The molecule has 0 spiro atoms. The van der Waals surface area contributed by atoms with Gasteiger partial charge in [-0.15, -0.1) is 10.2 Å². The maximum Gasteiger partial charge on any atom is 0.226 e. The first-order chi connectivity index (χ1) is 6.34. The molecule has 1 saturated heterocycles. The van der Waals surface area contributed by atoms with E-state index in [-0.39, 0.29) is 0 Å². The van der Waals surface area contributed by atoms with Gasteiger partial charge in [0.25, 0.3) is 0 Å². The lowest BCUT2D eigenvalue weighted by Crippen LogP contribution is -2.29. The van der Waals surface area contributed by atoms with Crippen LogP contribution in [0.5, 0.6) is 0 Å². The van der Waals surface area contributed by atoms with Crippen LogP contribution < -0.4 is 0 Å². The van der Waals surface area contributed by atoms with Crippen molar-refractivity contribution in [3.63, 3.8) is 0 Å². The van der Waals surface area contributed by atoms with E-state index >= 15 is 0 Å². The Kier molecular flexibility index (Phi) is 2.85. The van der Waals surface area contributed by atoms with Gasteiger partial charge in [0.05, 0.1) is 19.0 Å². The molecule has 0 atom stereocenters. The van der Waals surface area contributed by atoms with Crippen molar-refractivity contribution in [1.82, 2.24) is 10.2 Å². The highest BCUT2D eigenvalue weighted by molar-refractivity contribution is 7.98. The summed E-state index contributed by atoms with van der Waals surface area (Å²) in [6.45, 7) is 3.63. The fourth-order valence-corrected chi connectivity index (χ4v) is 2.02. The number of nitrogens with zero attached hydrogens (tertiary/aromatic N) is 2. The van der Waals surface area contributed by atoms with E-state index in [1.54, 1.807) is 6.92 Å². The summed E-state index contributed by atoms with van der Waals surface area (Å²) in [7, 11) is 0. The van der Waals surface area contributed by atoms with E-state index in [9.17, 15) is 0 Å². The Morgan fingerprint density at radius 2 is 2.31 bits per heavy atom. The van der Waals surface area contributed by atoms with Gasteiger partial charge >= 0.3 is 0 Å². The fourth-order valence-electron chi connectivity index (χ4n) is 1.09. The van der Waals surface area contributed by atoms with Crippen molar-refractivity contribution in [2.45, 2.75) is 12.7 Å². The van der Waals surface area contributed by atoms with Gasteiger partial charge in [-0.25, -0.2) is 0 Å². The molecular weight excluding hydrogens is 188 g/mol. The molecule has 72 valence electrons. The molecule has 0 amide bonds. The summed E-state index contributed by atoms with van der Waals surface area (Å²) in [5.74, 6) is 4.04. The minimum absolute atomic E-state index is 0.641. The lowest BCUT2D eigenvalue weighted by molar-refractivity contribution is -0.0196. The van der Waals surface area contributed by atoms with Crippen molar-refractivity contribution < 1.29 is 9.15 Å². The molecule has 13 heavy (non-hydrogen) atoms. The summed E-state index contributed by atoms with van der Waals surface area (Å²) in [5, 5.41) is 7.68. The molecule has 0 aromatic carbocycles. The van der Waals surface area contributed by atoms with Crippen LogP contribution in [0, 0.1) is 12.8 Å². The molecule has 1 aromatic heterocycles. The maximum absolute atomic E-state index is 5.24. The topological polar surface area (TPSA) is 48.2 Å². The van der Waals surface area contributed by atoms with E-state index < -0.39 is 0 Å². The molecule has 0 radical (unpaired) electrons. The standard InChI is InChI=1S/C8H12N2O2S/c1-6-9-10-8(12-6)5-13-4-7-2-11-3-7/h7H,2-5H2,1H3. The first-order valence-corrected chi connectivity index (χ1v) is 5.44. The first-order valence-electron chi connectivity index (χ1n) is 4.29. The van der Waals surface area contributed by atoms with Crippen molar-refractivity contribution in [3.05, 3.63) is 11.8 Å². The van der Waals surface area contributed by atoms with Crippen LogP contribution in [0.15, 0.2) is 4.42 Å². The Labute approximate surface area is 81.1 Å². The largest absolute Gasteiger partial charge is 0.425 e. The van der Waals surface area contributed by atoms with E-state index in [1.165, 1.54) is 0 Å². The minimum atomic E-state index is 0.641. The monoisotopic (exact) mass is 200 g/mol. The van der Waals surface area contributed by atoms with Gasteiger partial charge in [-0.05, 0) is 0 Å². The molecule has 0 aliphatic carbocycles. The van der Waals surface area contributed by atoms with Crippen molar-refractivity contribution in [2.75, 3.05) is 19.0 Å². The van der Waals surface area contributed by atoms with Crippen molar-refractivity contribution in [3.8, 4) is 0 Å². The number of aryl methyl sites for hydroxylation is 1. The second-order valence-corrected chi connectivity index (χ2v) is 4.16. The molecule has 1 aliphatic rings. The SMILES string of the molecule is Cc1nnc(CSCC2COC2)o1. The second-order valence-electron chi connectivity index (χ2n) is 3.13. The molecule has 0 bridgehead atoms. The third kappa shape index (κ3) is 2.45. The maximum atomic E-state index is 5.24. The smallest absolute Gasteiger partial charge is 0.226 e. The zero-order valence-corrected chi connectivity index (χ0v) is 8.34. The average Bonchev–Trinajstić information content (AvgIpc) is 2.42. The Balaban J connectivity index is 1.67. The highest BCUT2D eigenvalue weighted by Crippen LogP contribution is 2.19. The third-order valence-corrected chi connectivity index (χ3v) is 3.01. The molecule has 2 rings (SSSR count). The second kappa shape index (κ2) is 4.11. The van der Waals surface area contributed by atoms with Crippen molar-refractivity contribution >= 4 is 11.8 Å². The van der Waals surface area contributed by atoms with Crippen LogP contribution in [0.4, 0.5) is 0 Å². The van der Waals surface area contributed by atoms with Crippen LogP contribution in [0.25, 0.3) is 0 Å². The van der Waals surface area contributed by atoms with E-state index in [0.29, 0.717) is 5.89 Å². The Bertz CT molecular complexity index is 273. The Morgan fingerprint density at radius 3 is 2.85 bits per heavy atom. The molecule has 1 aromatic rings. The number of hydrogen-bond donors (Lipinski definition) is 0. The Hall–Kier alpha value is -0.550. The van der Waals surface area contributed by atoms with Crippen LogP contribution in [-0.4, -0.2) is 29.2 Å². The van der Waals surface area contributed by atoms with Gasteiger partial charge in [0.15, 0.2) is 0 Å². The average molecular weight is 200 g/mol. The fraction of sp³-hybridized carbons (Fsp3) is 0.750. The van der Waals surface area contributed by atoms with Gasteiger partial charge < -0.3 is 9.15 Å². The summed E-state index contributed by atoms with van der Waals surface area (Å²) >= 11 is 1.83. The molecular formula is C8H12N2O2S. The van der Waals surface area contributed by atoms with E-state index in [0.717, 1.165) is 36.5 Å². The third-order valence-electron chi connectivity index (χ3n) is 1.85. The molecule has 4 nitrogen and oxygen atoms in total. The summed E-state index contributed by atoms with van der Waals surface area (Å²) in [4.78, 5) is 0. The molecule has 1 aliphatic heterocycles. The lowest BCUT2D eigenvalue weighted by Gasteiger charge is -2.24. The zero-order chi connectivity index (χ0) is 9.10. The number of ether oxygens (including phenoxy) is 1. The van der Waals surface area contributed by atoms with Gasteiger partial charge in [0.2, 0.25) is 11.8 Å². The molecule has 0 N–H and O–H groups in total. The quantitative estimate of drug-likeness (QED) is 0.732. The van der Waals surface area contributed by atoms with Crippen LogP contribution in [0.3, 0.4) is 0 Å². The summed E-state index contributed by atoms with van der Waals surface area (Å²) in [6, 6.07) is 0. The van der Waals surface area contributed by atoms with Crippen molar-refractivity contribution in [1.29, 1.82) is 0 Å². The molecule has 1 fully saturated rings. The lowest BCUT2D eigenvalue weighted by atomic mass is 10.1. The first kappa shape index (κ1) is 9.02. The number of rotatable bonds is 4. The highest BCUT2D eigenvalue weighted by Gasteiger charge is 2.18. The Morgan fingerprint density at radius 1 is 1.46 bits per heavy atom.